The molecule has 0 spiro atoms. The summed E-state index contributed by atoms with van der Waals surface area (Å²) in [7, 11) is 3.49. The lowest BCUT2D eigenvalue weighted by Crippen LogP contribution is -1.98. The number of ether oxygens (including phenoxy) is 2. The van der Waals surface area contributed by atoms with Gasteiger partial charge in [-0.25, -0.2) is 9.97 Å². The third-order valence-electron chi connectivity index (χ3n) is 2.73. The molecule has 0 saturated carbocycles. The van der Waals surface area contributed by atoms with Gasteiger partial charge in [-0.3, -0.25) is 0 Å². The smallest absolute Gasteiger partial charge is 0.238 e. The second kappa shape index (κ2) is 7.21. The molecule has 0 atom stereocenters. The van der Waals surface area contributed by atoms with Crippen LogP contribution in [0.1, 0.15) is 5.56 Å². The molecule has 2 aromatic rings. The number of anilines is 1. The Labute approximate surface area is 126 Å². The molecule has 1 N–H and O–H groups in total. The highest BCUT2D eigenvalue weighted by atomic mass is 79.9. The van der Waals surface area contributed by atoms with Crippen LogP contribution in [0.3, 0.4) is 0 Å². The molecule has 0 bridgehead atoms. The van der Waals surface area contributed by atoms with Crippen molar-refractivity contribution in [1.29, 1.82) is 0 Å². The number of rotatable bonds is 6. The van der Waals surface area contributed by atoms with Crippen LogP contribution in [0.4, 0.5) is 5.82 Å². The van der Waals surface area contributed by atoms with Crippen molar-refractivity contribution in [3.05, 3.63) is 40.6 Å². The zero-order valence-corrected chi connectivity index (χ0v) is 13.0. The van der Waals surface area contributed by atoms with Gasteiger partial charge in [-0.15, -0.1) is 0 Å². The molecule has 106 valence electrons. The summed E-state index contributed by atoms with van der Waals surface area (Å²) in [6.07, 6.45) is 2.34. The van der Waals surface area contributed by atoms with Gasteiger partial charge in [0.1, 0.15) is 22.4 Å². The van der Waals surface area contributed by atoms with Crippen molar-refractivity contribution in [1.82, 2.24) is 9.97 Å². The van der Waals surface area contributed by atoms with Crippen LogP contribution < -0.4 is 10.1 Å². The highest BCUT2D eigenvalue weighted by molar-refractivity contribution is 9.10. The third kappa shape index (κ3) is 3.68. The molecule has 2 rings (SSSR count). The highest BCUT2D eigenvalue weighted by Gasteiger charge is 2.09. The number of benzene rings is 1. The summed E-state index contributed by atoms with van der Waals surface area (Å²) in [6, 6.07) is 7.86. The van der Waals surface area contributed by atoms with E-state index < -0.39 is 0 Å². The zero-order valence-electron chi connectivity index (χ0n) is 11.4. The molecule has 5 nitrogen and oxygen atoms in total. The second-order valence-electron chi connectivity index (χ2n) is 4.08. The second-order valence-corrected chi connectivity index (χ2v) is 4.87. The van der Waals surface area contributed by atoms with E-state index in [0.29, 0.717) is 22.8 Å². The molecule has 0 aliphatic heterocycles. The molecule has 20 heavy (non-hydrogen) atoms. The monoisotopic (exact) mass is 337 g/mol. The molecular weight excluding hydrogens is 322 g/mol. The summed E-state index contributed by atoms with van der Waals surface area (Å²) < 4.78 is 11.5. The van der Waals surface area contributed by atoms with Crippen LogP contribution >= 0.6 is 15.9 Å². The molecule has 0 amide bonds. The maximum atomic E-state index is 5.74. The fourth-order valence-electron chi connectivity index (χ4n) is 1.65. The molecule has 1 aromatic heterocycles. The number of aromatic nitrogens is 2. The first kappa shape index (κ1) is 14.7. The van der Waals surface area contributed by atoms with E-state index in [1.807, 2.05) is 24.3 Å². The molecule has 0 radical (unpaired) electrons. The fraction of sp³-hybridized carbons (Fsp3) is 0.286. The number of hydrogen-bond donors (Lipinski definition) is 1. The first-order valence-corrected chi connectivity index (χ1v) is 6.98. The number of methoxy groups -OCH3 is 1. The van der Waals surface area contributed by atoms with Gasteiger partial charge in [-0.1, -0.05) is 12.1 Å². The number of nitrogens with zero attached hydrogens (tertiary/aromatic N) is 2. The SMILES string of the molecule is CNc1ncnc(Oc2ccc(CCOC)cc2)c1Br. The predicted octanol–water partition coefficient (Wildman–Crippen LogP) is 3.26. The molecule has 0 aliphatic carbocycles. The minimum atomic E-state index is 0.481. The lowest BCUT2D eigenvalue weighted by atomic mass is 10.1. The van der Waals surface area contributed by atoms with E-state index >= 15 is 0 Å². The summed E-state index contributed by atoms with van der Waals surface area (Å²) in [5, 5.41) is 2.96. The molecule has 0 fully saturated rings. The van der Waals surface area contributed by atoms with Gasteiger partial charge in [-0.2, -0.15) is 0 Å². The van der Waals surface area contributed by atoms with Crippen LogP contribution in [-0.4, -0.2) is 30.7 Å². The summed E-state index contributed by atoms with van der Waals surface area (Å²) in [6.45, 7) is 0.711. The topological polar surface area (TPSA) is 56.3 Å². The van der Waals surface area contributed by atoms with Crippen molar-refractivity contribution in [3.8, 4) is 11.6 Å². The van der Waals surface area contributed by atoms with Crippen LogP contribution in [0.15, 0.2) is 35.1 Å². The van der Waals surface area contributed by atoms with Gasteiger partial charge in [0.05, 0.1) is 6.61 Å². The van der Waals surface area contributed by atoms with Crippen molar-refractivity contribution in [2.24, 2.45) is 0 Å². The quantitative estimate of drug-likeness (QED) is 0.876. The van der Waals surface area contributed by atoms with E-state index in [0.717, 1.165) is 12.2 Å². The molecule has 1 aromatic carbocycles. The Hall–Kier alpha value is -1.66. The minimum Gasteiger partial charge on any atom is -0.438 e. The van der Waals surface area contributed by atoms with Crippen molar-refractivity contribution in [2.45, 2.75) is 6.42 Å². The van der Waals surface area contributed by atoms with Gasteiger partial charge >= 0.3 is 0 Å². The van der Waals surface area contributed by atoms with E-state index in [1.165, 1.54) is 11.9 Å². The van der Waals surface area contributed by atoms with Crippen LogP contribution in [0.25, 0.3) is 0 Å². The zero-order chi connectivity index (χ0) is 14.4. The summed E-state index contributed by atoms with van der Waals surface area (Å²) >= 11 is 3.42. The molecule has 1 heterocycles. The summed E-state index contributed by atoms with van der Waals surface area (Å²) in [5.41, 5.74) is 1.21. The van der Waals surface area contributed by atoms with Crippen molar-refractivity contribution in [2.75, 3.05) is 26.1 Å². The van der Waals surface area contributed by atoms with E-state index in [2.05, 4.69) is 31.2 Å². The number of halogens is 1. The van der Waals surface area contributed by atoms with Crippen LogP contribution in [0.5, 0.6) is 11.6 Å². The Morgan fingerprint density at radius 2 is 1.95 bits per heavy atom. The maximum Gasteiger partial charge on any atom is 0.238 e. The first-order valence-electron chi connectivity index (χ1n) is 6.18. The van der Waals surface area contributed by atoms with E-state index in [1.54, 1.807) is 14.2 Å². The average molecular weight is 338 g/mol. The van der Waals surface area contributed by atoms with Crippen molar-refractivity contribution >= 4 is 21.7 Å². The molecular formula is C14H16BrN3O2. The van der Waals surface area contributed by atoms with Crippen molar-refractivity contribution < 1.29 is 9.47 Å². The Morgan fingerprint density at radius 3 is 2.60 bits per heavy atom. The molecule has 6 heteroatoms. The van der Waals surface area contributed by atoms with Crippen molar-refractivity contribution in [3.63, 3.8) is 0 Å². The predicted molar refractivity (Wildman–Crippen MR) is 81.4 cm³/mol. The molecule has 0 unspecified atom stereocenters. The maximum absolute atomic E-state index is 5.74. The summed E-state index contributed by atoms with van der Waals surface area (Å²) in [4.78, 5) is 8.20. The molecule has 0 saturated heterocycles. The lowest BCUT2D eigenvalue weighted by molar-refractivity contribution is 0.202. The number of hydrogen-bond acceptors (Lipinski definition) is 5. The van der Waals surface area contributed by atoms with Crippen LogP contribution in [0, 0.1) is 0 Å². The standard InChI is InChI=1S/C14H16BrN3O2/c1-16-13-12(15)14(18-9-17-13)20-11-5-3-10(4-6-11)7-8-19-2/h3-6,9H,7-8H2,1-2H3,(H,16,17,18). The molecule has 0 aliphatic rings. The minimum absolute atomic E-state index is 0.481. The van der Waals surface area contributed by atoms with E-state index in [4.69, 9.17) is 9.47 Å². The largest absolute Gasteiger partial charge is 0.438 e. The average Bonchev–Trinajstić information content (AvgIpc) is 2.48. The Bertz CT molecular complexity index is 561. The van der Waals surface area contributed by atoms with E-state index in [-0.39, 0.29) is 0 Å². The van der Waals surface area contributed by atoms with E-state index in [9.17, 15) is 0 Å². The normalized spacial score (nSPS) is 10.3. The lowest BCUT2D eigenvalue weighted by Gasteiger charge is -2.09. The fourth-order valence-corrected chi connectivity index (χ4v) is 2.14. The van der Waals surface area contributed by atoms with Gasteiger partial charge in [0, 0.05) is 14.2 Å². The number of nitrogens with one attached hydrogen (secondary N) is 1. The van der Waals surface area contributed by atoms with Gasteiger partial charge in [-0.05, 0) is 40.0 Å². The van der Waals surface area contributed by atoms with Gasteiger partial charge in [0.25, 0.3) is 0 Å². The third-order valence-corrected chi connectivity index (χ3v) is 3.44. The van der Waals surface area contributed by atoms with Crippen LogP contribution in [0.2, 0.25) is 0 Å². The Balaban J connectivity index is 2.10. The first-order chi connectivity index (χ1) is 9.74. The highest BCUT2D eigenvalue weighted by Crippen LogP contribution is 2.31. The summed E-state index contributed by atoms with van der Waals surface area (Å²) in [5.74, 6) is 1.90. The van der Waals surface area contributed by atoms with Gasteiger partial charge < -0.3 is 14.8 Å². The Kier molecular flexibility index (Phi) is 5.31. The van der Waals surface area contributed by atoms with Gasteiger partial charge in [0.15, 0.2) is 0 Å². The Morgan fingerprint density at radius 1 is 1.20 bits per heavy atom. The van der Waals surface area contributed by atoms with Crippen LogP contribution in [-0.2, 0) is 11.2 Å². The van der Waals surface area contributed by atoms with Gasteiger partial charge in [0.2, 0.25) is 5.88 Å².